The molecule has 0 aliphatic carbocycles. The van der Waals surface area contributed by atoms with Gasteiger partial charge in [-0.3, -0.25) is 0 Å². The SMILES string of the molecule is CCO[Si](C)(CC)OC(C)c1ccccc1CCl. The molecule has 0 radical (unpaired) electrons. The average Bonchev–Trinajstić information content (AvgIpc) is 2.38. The molecule has 1 rings (SSSR count). The molecule has 0 fully saturated rings. The second-order valence-electron chi connectivity index (χ2n) is 4.51. The van der Waals surface area contributed by atoms with Crippen LogP contribution in [-0.4, -0.2) is 15.2 Å². The monoisotopic (exact) mass is 286 g/mol. The Hall–Kier alpha value is -0.353. The molecule has 2 unspecified atom stereocenters. The van der Waals surface area contributed by atoms with Crippen molar-refractivity contribution in [3.8, 4) is 0 Å². The summed E-state index contributed by atoms with van der Waals surface area (Å²) in [5, 5.41) is 0. The van der Waals surface area contributed by atoms with Crippen LogP contribution in [-0.2, 0) is 14.7 Å². The zero-order chi connectivity index (χ0) is 13.6. The number of hydrogen-bond acceptors (Lipinski definition) is 2. The van der Waals surface area contributed by atoms with Gasteiger partial charge in [0.05, 0.1) is 6.10 Å². The summed E-state index contributed by atoms with van der Waals surface area (Å²) in [6.07, 6.45) is 0.0307. The number of hydrogen-bond donors (Lipinski definition) is 0. The van der Waals surface area contributed by atoms with E-state index in [0.29, 0.717) is 12.5 Å². The van der Waals surface area contributed by atoms with Gasteiger partial charge in [-0.1, -0.05) is 31.2 Å². The van der Waals surface area contributed by atoms with Gasteiger partial charge in [0.1, 0.15) is 0 Å². The highest BCUT2D eigenvalue weighted by molar-refractivity contribution is 6.65. The number of alkyl halides is 1. The lowest BCUT2D eigenvalue weighted by atomic mass is 10.1. The molecule has 0 aliphatic heterocycles. The van der Waals surface area contributed by atoms with Crippen molar-refractivity contribution in [1.29, 1.82) is 0 Å². The lowest BCUT2D eigenvalue weighted by molar-refractivity contribution is 0.132. The summed E-state index contributed by atoms with van der Waals surface area (Å²) in [7, 11) is -2.05. The lowest BCUT2D eigenvalue weighted by Crippen LogP contribution is -2.38. The molecule has 0 spiro atoms. The molecule has 0 heterocycles. The third-order valence-electron chi connectivity index (χ3n) is 3.15. The van der Waals surface area contributed by atoms with Crippen LogP contribution in [0.3, 0.4) is 0 Å². The fraction of sp³-hybridized carbons (Fsp3) is 0.571. The van der Waals surface area contributed by atoms with Crippen molar-refractivity contribution in [1.82, 2.24) is 0 Å². The summed E-state index contributed by atoms with van der Waals surface area (Å²) in [5.74, 6) is 0.517. The summed E-state index contributed by atoms with van der Waals surface area (Å²) in [6.45, 7) is 9.05. The van der Waals surface area contributed by atoms with Crippen LogP contribution >= 0.6 is 11.6 Å². The summed E-state index contributed by atoms with van der Waals surface area (Å²) in [4.78, 5) is 0. The van der Waals surface area contributed by atoms with Crippen molar-refractivity contribution in [3.63, 3.8) is 0 Å². The Morgan fingerprint density at radius 3 is 2.50 bits per heavy atom. The average molecular weight is 287 g/mol. The Kier molecular flexibility index (Phi) is 6.36. The zero-order valence-corrected chi connectivity index (χ0v) is 13.5. The second-order valence-corrected chi connectivity index (χ2v) is 8.28. The fourth-order valence-corrected chi connectivity index (χ4v) is 4.18. The minimum atomic E-state index is -2.05. The minimum Gasteiger partial charge on any atom is -0.395 e. The largest absolute Gasteiger partial charge is 0.395 e. The molecule has 0 bridgehead atoms. The Balaban J connectivity index is 2.83. The number of benzene rings is 1. The number of rotatable bonds is 7. The summed E-state index contributed by atoms with van der Waals surface area (Å²) >= 11 is 5.97. The van der Waals surface area contributed by atoms with Crippen LogP contribution in [0.2, 0.25) is 12.6 Å². The van der Waals surface area contributed by atoms with E-state index in [2.05, 4.69) is 26.5 Å². The maximum absolute atomic E-state index is 6.21. The molecule has 0 aliphatic rings. The van der Waals surface area contributed by atoms with Crippen molar-refractivity contribution in [3.05, 3.63) is 35.4 Å². The highest BCUT2D eigenvalue weighted by atomic mass is 35.5. The van der Waals surface area contributed by atoms with E-state index in [4.69, 9.17) is 20.5 Å². The molecule has 0 N–H and O–H groups in total. The van der Waals surface area contributed by atoms with E-state index in [1.54, 1.807) is 0 Å². The Bertz CT molecular complexity index is 373. The van der Waals surface area contributed by atoms with E-state index in [0.717, 1.165) is 11.6 Å². The molecule has 18 heavy (non-hydrogen) atoms. The van der Waals surface area contributed by atoms with Gasteiger partial charge in [0.2, 0.25) is 0 Å². The molecule has 0 aromatic heterocycles. The van der Waals surface area contributed by atoms with Crippen LogP contribution in [0.15, 0.2) is 24.3 Å². The highest BCUT2D eigenvalue weighted by Crippen LogP contribution is 2.27. The Morgan fingerprint density at radius 1 is 1.28 bits per heavy atom. The van der Waals surface area contributed by atoms with Crippen molar-refractivity contribution < 1.29 is 8.85 Å². The maximum Gasteiger partial charge on any atom is 0.335 e. The quantitative estimate of drug-likeness (QED) is 0.537. The standard InChI is InChI=1S/C14H23ClO2Si/c1-5-16-18(4,6-2)17-12(3)14-10-8-7-9-13(14)11-15/h7-10,12H,5-6,11H2,1-4H3. The van der Waals surface area contributed by atoms with Crippen molar-refractivity contribution >= 4 is 20.2 Å². The van der Waals surface area contributed by atoms with Gasteiger partial charge >= 0.3 is 8.56 Å². The van der Waals surface area contributed by atoms with Crippen LogP contribution in [0.4, 0.5) is 0 Å². The summed E-state index contributed by atoms with van der Waals surface area (Å²) < 4.78 is 12.0. The van der Waals surface area contributed by atoms with E-state index < -0.39 is 8.56 Å². The first-order chi connectivity index (χ1) is 8.56. The predicted molar refractivity (Wildman–Crippen MR) is 79.2 cm³/mol. The molecule has 102 valence electrons. The van der Waals surface area contributed by atoms with Crippen LogP contribution in [0, 0.1) is 0 Å². The summed E-state index contributed by atoms with van der Waals surface area (Å²) in [6, 6.07) is 9.12. The third-order valence-corrected chi connectivity index (χ3v) is 6.48. The van der Waals surface area contributed by atoms with Crippen molar-refractivity contribution in [2.24, 2.45) is 0 Å². The molecule has 0 saturated heterocycles. The van der Waals surface area contributed by atoms with Crippen LogP contribution in [0.5, 0.6) is 0 Å². The van der Waals surface area contributed by atoms with Gasteiger partial charge in [-0.2, -0.15) is 0 Å². The van der Waals surface area contributed by atoms with Gasteiger partial charge in [-0.25, -0.2) is 0 Å². The van der Waals surface area contributed by atoms with Crippen LogP contribution in [0.25, 0.3) is 0 Å². The predicted octanol–water partition coefficient (Wildman–Crippen LogP) is 4.63. The molecule has 2 atom stereocenters. The first-order valence-corrected chi connectivity index (χ1v) is 9.57. The van der Waals surface area contributed by atoms with E-state index in [1.165, 1.54) is 5.56 Å². The Labute approximate surface area is 117 Å². The maximum atomic E-state index is 6.21. The van der Waals surface area contributed by atoms with E-state index >= 15 is 0 Å². The van der Waals surface area contributed by atoms with E-state index in [1.807, 2.05) is 25.1 Å². The molecule has 1 aromatic carbocycles. The van der Waals surface area contributed by atoms with Crippen LogP contribution in [0.1, 0.15) is 38.0 Å². The summed E-state index contributed by atoms with van der Waals surface area (Å²) in [5.41, 5.74) is 2.30. The van der Waals surface area contributed by atoms with E-state index in [-0.39, 0.29) is 6.10 Å². The van der Waals surface area contributed by atoms with Gasteiger partial charge in [0, 0.05) is 12.5 Å². The molecule has 2 nitrogen and oxygen atoms in total. The topological polar surface area (TPSA) is 18.5 Å². The highest BCUT2D eigenvalue weighted by Gasteiger charge is 2.31. The molecular formula is C14H23ClO2Si. The van der Waals surface area contributed by atoms with Gasteiger partial charge in [0.25, 0.3) is 0 Å². The first-order valence-electron chi connectivity index (χ1n) is 6.51. The van der Waals surface area contributed by atoms with Gasteiger partial charge in [-0.05, 0) is 37.6 Å². The first kappa shape index (κ1) is 15.7. The van der Waals surface area contributed by atoms with Gasteiger partial charge < -0.3 is 8.85 Å². The van der Waals surface area contributed by atoms with Gasteiger partial charge in [0.15, 0.2) is 0 Å². The minimum absolute atomic E-state index is 0.0307. The normalized spacial score (nSPS) is 16.3. The third kappa shape index (κ3) is 4.09. The number of halogens is 1. The smallest absolute Gasteiger partial charge is 0.335 e. The van der Waals surface area contributed by atoms with Crippen LogP contribution < -0.4 is 0 Å². The zero-order valence-electron chi connectivity index (χ0n) is 11.7. The molecular weight excluding hydrogens is 264 g/mol. The van der Waals surface area contributed by atoms with Crippen molar-refractivity contribution in [2.75, 3.05) is 6.61 Å². The molecule has 0 saturated carbocycles. The molecule has 0 amide bonds. The second kappa shape index (κ2) is 7.29. The van der Waals surface area contributed by atoms with E-state index in [9.17, 15) is 0 Å². The fourth-order valence-electron chi connectivity index (χ4n) is 2.01. The molecule has 1 aromatic rings. The lowest BCUT2D eigenvalue weighted by Gasteiger charge is -2.30. The Morgan fingerprint density at radius 2 is 1.94 bits per heavy atom. The molecule has 4 heteroatoms. The van der Waals surface area contributed by atoms with Gasteiger partial charge in [-0.15, -0.1) is 11.6 Å². The van der Waals surface area contributed by atoms with Crippen molar-refractivity contribution in [2.45, 2.75) is 45.3 Å².